The Bertz CT molecular complexity index is 575. The van der Waals surface area contributed by atoms with Gasteiger partial charge >= 0.3 is 0 Å². The molecule has 5 heteroatoms. The highest BCUT2D eigenvalue weighted by Gasteiger charge is 2.13. The minimum atomic E-state index is -0.624. The summed E-state index contributed by atoms with van der Waals surface area (Å²) in [5.41, 5.74) is -0.0796. The quantitative estimate of drug-likeness (QED) is 0.502. The molecule has 1 nitrogen and oxygen atoms in total. The van der Waals surface area contributed by atoms with Gasteiger partial charge in [0.25, 0.3) is 0 Å². The first-order valence-electron chi connectivity index (χ1n) is 5.09. The third kappa shape index (κ3) is 3.00. The van der Waals surface area contributed by atoms with Crippen LogP contribution < -0.4 is 4.74 Å². The lowest BCUT2D eigenvalue weighted by molar-refractivity contribution is 0.290. The second kappa shape index (κ2) is 5.97. The van der Waals surface area contributed by atoms with Crippen molar-refractivity contribution in [3.63, 3.8) is 0 Å². The lowest BCUT2D eigenvalue weighted by Crippen LogP contribution is -2.03. The van der Waals surface area contributed by atoms with Gasteiger partial charge in [0.1, 0.15) is 24.0 Å². The van der Waals surface area contributed by atoms with E-state index in [0.29, 0.717) is 5.75 Å². The van der Waals surface area contributed by atoms with E-state index in [-0.39, 0.29) is 16.6 Å². The van der Waals surface area contributed by atoms with Crippen molar-refractivity contribution in [1.29, 1.82) is 0 Å². The second-order valence-electron chi connectivity index (χ2n) is 3.54. The molecule has 0 aliphatic rings. The standard InChI is InChI=1S/C13H8BrF2IO/c14-9-5-6-10(15)8(13(9)16)7-18-12-4-2-1-3-11(12)17/h1-6H,7H2. The van der Waals surface area contributed by atoms with Crippen LogP contribution in [0.3, 0.4) is 0 Å². The third-order valence-corrected chi connectivity index (χ3v) is 3.85. The van der Waals surface area contributed by atoms with Crippen molar-refractivity contribution in [3.8, 4) is 5.75 Å². The summed E-state index contributed by atoms with van der Waals surface area (Å²) in [5, 5.41) is 0. The topological polar surface area (TPSA) is 9.23 Å². The molecule has 0 spiro atoms. The van der Waals surface area contributed by atoms with Crippen LogP contribution in [0, 0.1) is 15.2 Å². The molecule has 18 heavy (non-hydrogen) atoms. The molecular formula is C13H8BrF2IO. The Morgan fingerprint density at radius 3 is 2.56 bits per heavy atom. The van der Waals surface area contributed by atoms with Gasteiger partial charge in [0.2, 0.25) is 0 Å². The van der Waals surface area contributed by atoms with Crippen LogP contribution in [0.25, 0.3) is 0 Å². The van der Waals surface area contributed by atoms with Crippen molar-refractivity contribution in [2.24, 2.45) is 0 Å². The molecule has 2 aromatic rings. The zero-order valence-corrected chi connectivity index (χ0v) is 12.8. The van der Waals surface area contributed by atoms with E-state index in [0.717, 1.165) is 3.57 Å². The fourth-order valence-corrected chi connectivity index (χ4v) is 2.33. The maximum absolute atomic E-state index is 13.7. The van der Waals surface area contributed by atoms with Gasteiger partial charge in [-0.3, -0.25) is 0 Å². The third-order valence-electron chi connectivity index (χ3n) is 2.35. The van der Waals surface area contributed by atoms with Crippen LogP contribution in [0.4, 0.5) is 8.78 Å². The molecule has 0 aliphatic heterocycles. The molecule has 0 saturated heterocycles. The number of benzene rings is 2. The Labute approximate surface area is 125 Å². The van der Waals surface area contributed by atoms with Crippen molar-refractivity contribution in [3.05, 3.63) is 61.6 Å². The molecule has 0 unspecified atom stereocenters. The van der Waals surface area contributed by atoms with Crippen LogP contribution in [-0.4, -0.2) is 0 Å². The van der Waals surface area contributed by atoms with Gasteiger partial charge in [0, 0.05) is 0 Å². The minimum absolute atomic E-state index is 0.0796. The fraction of sp³-hybridized carbons (Fsp3) is 0.0769. The van der Waals surface area contributed by atoms with E-state index in [4.69, 9.17) is 4.74 Å². The number of halogens is 4. The van der Waals surface area contributed by atoms with Crippen LogP contribution in [0.15, 0.2) is 40.9 Å². The molecule has 2 aromatic carbocycles. The van der Waals surface area contributed by atoms with E-state index in [2.05, 4.69) is 38.5 Å². The monoisotopic (exact) mass is 424 g/mol. The van der Waals surface area contributed by atoms with Crippen LogP contribution in [-0.2, 0) is 6.61 Å². The molecule has 0 aliphatic carbocycles. The van der Waals surface area contributed by atoms with Crippen LogP contribution in [0.1, 0.15) is 5.56 Å². The highest BCUT2D eigenvalue weighted by Crippen LogP contribution is 2.25. The van der Waals surface area contributed by atoms with Gasteiger partial charge in [-0.1, -0.05) is 12.1 Å². The van der Waals surface area contributed by atoms with Crippen LogP contribution in [0.2, 0.25) is 0 Å². The Morgan fingerprint density at radius 1 is 1.11 bits per heavy atom. The molecular weight excluding hydrogens is 417 g/mol. The van der Waals surface area contributed by atoms with Crippen LogP contribution >= 0.6 is 38.5 Å². The predicted octanol–water partition coefficient (Wildman–Crippen LogP) is 4.91. The second-order valence-corrected chi connectivity index (χ2v) is 5.56. The van der Waals surface area contributed by atoms with Gasteiger partial charge in [-0.2, -0.15) is 0 Å². The summed E-state index contributed by atoms with van der Waals surface area (Å²) in [5.74, 6) is -0.626. The van der Waals surface area contributed by atoms with Gasteiger partial charge in [0.15, 0.2) is 0 Å². The van der Waals surface area contributed by atoms with Crippen LogP contribution in [0.5, 0.6) is 5.75 Å². The Hall–Kier alpha value is -0.690. The van der Waals surface area contributed by atoms with Crippen molar-refractivity contribution in [1.82, 2.24) is 0 Å². The van der Waals surface area contributed by atoms with Gasteiger partial charge in [-0.15, -0.1) is 0 Å². The normalized spacial score (nSPS) is 10.4. The first-order valence-corrected chi connectivity index (χ1v) is 6.96. The molecule has 0 atom stereocenters. The van der Waals surface area contributed by atoms with Crippen molar-refractivity contribution in [2.75, 3.05) is 0 Å². The number of ether oxygens (including phenoxy) is 1. The maximum Gasteiger partial charge on any atom is 0.146 e. The number of hydrogen-bond donors (Lipinski definition) is 0. The Morgan fingerprint density at radius 2 is 1.83 bits per heavy atom. The van der Waals surface area contributed by atoms with E-state index < -0.39 is 11.6 Å². The van der Waals surface area contributed by atoms with E-state index in [1.165, 1.54) is 12.1 Å². The number of para-hydroxylation sites is 1. The Balaban J connectivity index is 2.21. The average Bonchev–Trinajstić information content (AvgIpc) is 2.36. The summed E-state index contributed by atoms with van der Waals surface area (Å²) in [6.07, 6.45) is 0. The first-order chi connectivity index (χ1) is 8.59. The van der Waals surface area contributed by atoms with E-state index in [1.807, 2.05) is 18.2 Å². The summed E-state index contributed by atoms with van der Waals surface area (Å²) in [6, 6.07) is 9.85. The smallest absolute Gasteiger partial charge is 0.146 e. The SMILES string of the molecule is Fc1ccc(Br)c(F)c1COc1ccccc1I. The lowest BCUT2D eigenvalue weighted by atomic mass is 10.2. The number of rotatable bonds is 3. The number of hydrogen-bond acceptors (Lipinski definition) is 1. The van der Waals surface area contributed by atoms with Gasteiger partial charge in [-0.05, 0) is 62.8 Å². The van der Waals surface area contributed by atoms with Gasteiger partial charge in [0.05, 0.1) is 13.6 Å². The Kier molecular flexibility index (Phi) is 4.55. The largest absolute Gasteiger partial charge is 0.488 e. The molecule has 0 bridgehead atoms. The summed E-state index contributed by atoms with van der Waals surface area (Å²) in [6.45, 7) is -0.142. The maximum atomic E-state index is 13.7. The van der Waals surface area contributed by atoms with E-state index in [9.17, 15) is 8.78 Å². The molecule has 0 N–H and O–H groups in total. The summed E-state index contributed by atoms with van der Waals surface area (Å²) in [7, 11) is 0. The molecule has 0 heterocycles. The van der Waals surface area contributed by atoms with Gasteiger partial charge < -0.3 is 4.74 Å². The lowest BCUT2D eigenvalue weighted by Gasteiger charge is -2.10. The molecule has 94 valence electrons. The molecule has 0 amide bonds. The van der Waals surface area contributed by atoms with Crippen molar-refractivity contribution >= 4 is 38.5 Å². The molecule has 2 rings (SSSR count). The molecule has 0 fully saturated rings. The van der Waals surface area contributed by atoms with Crippen molar-refractivity contribution < 1.29 is 13.5 Å². The zero-order chi connectivity index (χ0) is 13.1. The fourth-order valence-electron chi connectivity index (χ4n) is 1.41. The minimum Gasteiger partial charge on any atom is -0.488 e. The molecule has 0 radical (unpaired) electrons. The highest BCUT2D eigenvalue weighted by atomic mass is 127. The average molecular weight is 425 g/mol. The van der Waals surface area contributed by atoms with E-state index >= 15 is 0 Å². The highest BCUT2D eigenvalue weighted by molar-refractivity contribution is 14.1. The van der Waals surface area contributed by atoms with E-state index in [1.54, 1.807) is 6.07 Å². The van der Waals surface area contributed by atoms with Crippen molar-refractivity contribution in [2.45, 2.75) is 6.61 Å². The first kappa shape index (κ1) is 13.7. The molecule has 0 aromatic heterocycles. The zero-order valence-electron chi connectivity index (χ0n) is 9.09. The predicted molar refractivity (Wildman–Crippen MR) is 77.5 cm³/mol. The summed E-state index contributed by atoms with van der Waals surface area (Å²) in [4.78, 5) is 0. The summed E-state index contributed by atoms with van der Waals surface area (Å²) >= 11 is 5.13. The molecule has 0 saturated carbocycles. The summed E-state index contributed by atoms with van der Waals surface area (Å²) < 4.78 is 33.7. The van der Waals surface area contributed by atoms with Gasteiger partial charge in [-0.25, -0.2) is 8.78 Å².